The van der Waals surface area contributed by atoms with Gasteiger partial charge >= 0.3 is 0 Å². The number of hydrogen-bond donors (Lipinski definition) is 0. The molecule has 1 aliphatic heterocycles. The van der Waals surface area contributed by atoms with Gasteiger partial charge in [-0.05, 0) is 80.6 Å². The van der Waals surface area contributed by atoms with Crippen molar-refractivity contribution >= 4 is 23.1 Å². The van der Waals surface area contributed by atoms with Crippen LogP contribution >= 0.6 is 11.6 Å². The van der Waals surface area contributed by atoms with Crippen LogP contribution in [0.3, 0.4) is 0 Å². The largest absolute Gasteiger partial charge is 0.487 e. The fourth-order valence-electron chi connectivity index (χ4n) is 5.22. The summed E-state index contributed by atoms with van der Waals surface area (Å²) < 4.78 is 11.9. The second kappa shape index (κ2) is 14.1. The van der Waals surface area contributed by atoms with Crippen molar-refractivity contribution in [3.05, 3.63) is 123 Å². The molecule has 1 saturated heterocycles. The summed E-state index contributed by atoms with van der Waals surface area (Å²) in [7, 11) is 0. The lowest BCUT2D eigenvalue weighted by Crippen LogP contribution is -2.48. The summed E-state index contributed by atoms with van der Waals surface area (Å²) in [6, 6.07) is 24.4. The average Bonchev–Trinajstić information content (AvgIpc) is 3.03. The van der Waals surface area contributed by atoms with Crippen molar-refractivity contribution < 1.29 is 14.3 Å². The number of carbonyl (C=O) groups excluding carboxylic acids is 1. The van der Waals surface area contributed by atoms with Crippen LogP contribution in [-0.2, 0) is 17.9 Å². The van der Waals surface area contributed by atoms with E-state index in [4.69, 9.17) is 21.1 Å². The molecule has 2 heterocycles. The summed E-state index contributed by atoms with van der Waals surface area (Å²) in [5.41, 5.74) is 8.27. The van der Waals surface area contributed by atoms with Gasteiger partial charge in [0.25, 0.3) is 0 Å². The normalized spacial score (nSPS) is 14.3. The van der Waals surface area contributed by atoms with Crippen LogP contribution in [0.2, 0.25) is 5.02 Å². The molecule has 5 rings (SSSR count). The number of pyridine rings is 1. The number of rotatable bonds is 9. The first kappa shape index (κ1) is 31.3. The molecule has 0 saturated carbocycles. The van der Waals surface area contributed by atoms with E-state index in [9.17, 15) is 4.79 Å². The van der Waals surface area contributed by atoms with E-state index in [1.54, 1.807) is 12.3 Å². The van der Waals surface area contributed by atoms with E-state index in [1.165, 1.54) is 16.7 Å². The van der Waals surface area contributed by atoms with Gasteiger partial charge in [-0.1, -0.05) is 71.3 Å². The Hall–Kier alpha value is -4.13. The minimum atomic E-state index is 0.0699. The van der Waals surface area contributed by atoms with Crippen molar-refractivity contribution in [2.75, 3.05) is 26.2 Å². The highest BCUT2D eigenvalue weighted by atomic mass is 35.5. The molecule has 3 aromatic carbocycles. The lowest BCUT2D eigenvalue weighted by atomic mass is 9.99. The molecule has 6 nitrogen and oxygen atoms in total. The van der Waals surface area contributed by atoms with Gasteiger partial charge in [-0.25, -0.2) is 4.98 Å². The van der Waals surface area contributed by atoms with E-state index < -0.39 is 0 Å². The molecule has 0 bridgehead atoms. The molecule has 0 unspecified atom stereocenters. The number of amides is 1. The van der Waals surface area contributed by atoms with Crippen LogP contribution in [0.25, 0.3) is 5.57 Å². The van der Waals surface area contributed by atoms with Crippen LogP contribution in [0.1, 0.15) is 47.2 Å². The second-order valence-corrected chi connectivity index (χ2v) is 12.0. The maximum absolute atomic E-state index is 13.4. The molecule has 1 aromatic heterocycles. The Labute approximate surface area is 265 Å². The van der Waals surface area contributed by atoms with Crippen LogP contribution in [0.15, 0.2) is 84.6 Å². The van der Waals surface area contributed by atoms with Gasteiger partial charge in [-0.3, -0.25) is 9.69 Å². The Morgan fingerprint density at radius 3 is 2.07 bits per heavy atom. The molecule has 1 amide bonds. The smallest absolute Gasteiger partial charge is 0.249 e. The zero-order valence-electron chi connectivity index (χ0n) is 26.2. The van der Waals surface area contributed by atoms with Crippen LogP contribution in [0, 0.1) is 20.8 Å². The van der Waals surface area contributed by atoms with Crippen molar-refractivity contribution in [2.45, 2.75) is 47.8 Å². The molecule has 0 N–H and O–H groups in total. The molecule has 0 radical (unpaired) electrons. The topological polar surface area (TPSA) is 54.9 Å². The highest BCUT2D eigenvalue weighted by Gasteiger charge is 2.23. The predicted octanol–water partition coefficient (Wildman–Crippen LogP) is 8.17. The third-order valence-corrected chi connectivity index (χ3v) is 8.45. The molecule has 1 fully saturated rings. The number of piperazine rings is 1. The maximum Gasteiger partial charge on any atom is 0.249 e. The van der Waals surface area contributed by atoms with Crippen molar-refractivity contribution in [3.63, 3.8) is 0 Å². The zero-order valence-corrected chi connectivity index (χ0v) is 26.9. The molecule has 0 aliphatic carbocycles. The Balaban J connectivity index is 1.19. The van der Waals surface area contributed by atoms with Gasteiger partial charge in [0.1, 0.15) is 12.4 Å². The predicted molar refractivity (Wildman–Crippen MR) is 177 cm³/mol. The number of hydrogen-bond acceptors (Lipinski definition) is 5. The molecule has 0 atom stereocenters. The number of nitrogens with zero attached hydrogens (tertiary/aromatic N) is 3. The highest BCUT2D eigenvalue weighted by Crippen LogP contribution is 2.36. The molecule has 44 heavy (non-hydrogen) atoms. The van der Waals surface area contributed by atoms with Crippen molar-refractivity contribution in [1.82, 2.24) is 14.8 Å². The summed E-state index contributed by atoms with van der Waals surface area (Å²) >= 11 is 6.71. The molecule has 228 valence electrons. The Morgan fingerprint density at radius 1 is 0.841 bits per heavy atom. The van der Waals surface area contributed by atoms with E-state index in [0.29, 0.717) is 42.1 Å². The summed E-state index contributed by atoms with van der Waals surface area (Å²) in [4.78, 5) is 22.2. The summed E-state index contributed by atoms with van der Waals surface area (Å²) in [6.07, 6.45) is 1.64. The molecule has 7 heteroatoms. The Morgan fingerprint density at radius 2 is 1.48 bits per heavy atom. The molecular weight excluding hydrogens is 570 g/mol. The fraction of sp³-hybridized carbons (Fsp3) is 0.297. The van der Waals surface area contributed by atoms with Crippen molar-refractivity contribution in [2.24, 2.45) is 0 Å². The van der Waals surface area contributed by atoms with Crippen LogP contribution < -0.4 is 9.47 Å². The number of benzene rings is 3. The number of carbonyl (C=O) groups is 1. The quantitative estimate of drug-likeness (QED) is 0.179. The van der Waals surface area contributed by atoms with Gasteiger partial charge in [-0.15, -0.1) is 0 Å². The lowest BCUT2D eigenvalue weighted by molar-refractivity contribution is -0.128. The number of halogens is 1. The van der Waals surface area contributed by atoms with Gasteiger partial charge in [0.05, 0.1) is 11.2 Å². The summed E-state index contributed by atoms with van der Waals surface area (Å²) in [5.74, 6) is 1.69. The van der Waals surface area contributed by atoms with E-state index in [-0.39, 0.29) is 5.91 Å². The molecule has 4 aromatic rings. The van der Waals surface area contributed by atoms with E-state index >= 15 is 0 Å². The second-order valence-electron chi connectivity index (χ2n) is 11.6. The highest BCUT2D eigenvalue weighted by molar-refractivity contribution is 6.32. The van der Waals surface area contributed by atoms with Gasteiger partial charge in [0.2, 0.25) is 11.8 Å². The first-order valence-electron chi connectivity index (χ1n) is 15.0. The molecular formula is C37H40ClN3O3. The monoisotopic (exact) mass is 609 g/mol. The minimum absolute atomic E-state index is 0.0699. The van der Waals surface area contributed by atoms with E-state index in [2.05, 4.69) is 72.3 Å². The summed E-state index contributed by atoms with van der Waals surface area (Å²) in [5, 5.41) is 0.464. The lowest BCUT2D eigenvalue weighted by Gasteiger charge is -2.35. The van der Waals surface area contributed by atoms with Crippen LogP contribution in [0.5, 0.6) is 17.4 Å². The zero-order chi connectivity index (χ0) is 31.2. The van der Waals surface area contributed by atoms with Crippen LogP contribution in [-0.4, -0.2) is 46.9 Å². The standard InChI is InChI=1S/C37H40ClN3O3/c1-25-6-10-30(11-7-25)23-40-16-18-41(19-17-40)37(42)29(5)28(4)32-20-27(3)36(34(38)21-32)44-35-15-14-33(22-39-35)43-24-31-12-8-26(2)9-13-31/h6-15,20-22H,16-19,23-24H2,1-5H3. The van der Waals surface area contributed by atoms with Gasteiger partial charge in [0, 0.05) is 44.4 Å². The fourth-order valence-corrected chi connectivity index (χ4v) is 5.52. The van der Waals surface area contributed by atoms with Gasteiger partial charge in [-0.2, -0.15) is 0 Å². The first-order chi connectivity index (χ1) is 21.2. The first-order valence-corrected chi connectivity index (χ1v) is 15.4. The van der Waals surface area contributed by atoms with Gasteiger partial charge in [0.15, 0.2) is 5.75 Å². The van der Waals surface area contributed by atoms with Gasteiger partial charge < -0.3 is 14.4 Å². The summed E-state index contributed by atoms with van der Waals surface area (Å²) in [6.45, 7) is 14.5. The average molecular weight is 610 g/mol. The molecule has 0 spiro atoms. The number of allylic oxidation sites excluding steroid dienone is 1. The minimum Gasteiger partial charge on any atom is -0.487 e. The Kier molecular flexibility index (Phi) is 10.0. The van der Waals surface area contributed by atoms with Crippen LogP contribution in [0.4, 0.5) is 0 Å². The van der Waals surface area contributed by atoms with Crippen molar-refractivity contribution in [1.29, 1.82) is 0 Å². The van der Waals surface area contributed by atoms with E-state index in [0.717, 1.165) is 47.5 Å². The van der Waals surface area contributed by atoms with Crippen molar-refractivity contribution in [3.8, 4) is 17.4 Å². The molecule has 1 aliphatic rings. The Bertz CT molecular complexity index is 1600. The third-order valence-electron chi connectivity index (χ3n) is 8.17. The third kappa shape index (κ3) is 7.87. The number of aryl methyl sites for hydroxylation is 3. The number of aromatic nitrogens is 1. The SMILES string of the molecule is CC(C(=O)N1CCN(Cc2ccc(C)cc2)CC1)=C(C)c1cc(C)c(Oc2ccc(OCc3ccc(C)cc3)cn2)c(Cl)c1. The number of ether oxygens (including phenoxy) is 2. The van der Waals surface area contributed by atoms with E-state index in [1.807, 2.05) is 43.9 Å². The maximum atomic E-state index is 13.4.